The summed E-state index contributed by atoms with van der Waals surface area (Å²) in [5.74, 6) is 0.317. The number of allylic oxidation sites excluding steroid dienone is 1. The molecule has 0 aromatic heterocycles. The van der Waals surface area contributed by atoms with Crippen LogP contribution in [-0.2, 0) is 6.42 Å². The van der Waals surface area contributed by atoms with Gasteiger partial charge in [-0.05, 0) is 49.4 Å². The second-order valence-corrected chi connectivity index (χ2v) is 4.73. The molecule has 1 aromatic carbocycles. The van der Waals surface area contributed by atoms with Gasteiger partial charge in [0.2, 0.25) is 0 Å². The normalized spacial score (nSPS) is 14.8. The molecule has 0 radical (unpaired) electrons. The summed E-state index contributed by atoms with van der Waals surface area (Å²) in [5, 5.41) is 9.74. The van der Waals surface area contributed by atoms with Gasteiger partial charge >= 0.3 is 0 Å². The molecule has 3 nitrogen and oxygen atoms in total. The summed E-state index contributed by atoms with van der Waals surface area (Å²) in [5.41, 5.74) is 2.37. The maximum atomic E-state index is 12.4. The average Bonchev–Trinajstić information content (AvgIpc) is 2.88. The summed E-state index contributed by atoms with van der Waals surface area (Å²) in [4.78, 5) is 14.3. The minimum Gasteiger partial charge on any atom is -0.508 e. The van der Waals surface area contributed by atoms with Crippen molar-refractivity contribution in [1.82, 2.24) is 4.90 Å². The number of amides is 1. The highest BCUT2D eigenvalue weighted by atomic mass is 16.3. The van der Waals surface area contributed by atoms with Crippen molar-refractivity contribution < 1.29 is 9.90 Å². The summed E-state index contributed by atoms with van der Waals surface area (Å²) < 4.78 is 0. The molecule has 1 aliphatic heterocycles. The fourth-order valence-corrected chi connectivity index (χ4v) is 2.44. The Morgan fingerprint density at radius 2 is 2.11 bits per heavy atom. The number of phenols is 1. The third-order valence-corrected chi connectivity index (χ3v) is 3.54. The monoisotopic (exact) mass is 245 g/mol. The van der Waals surface area contributed by atoms with Crippen LogP contribution in [0.25, 0.3) is 0 Å². The number of hydrogen-bond donors (Lipinski definition) is 1. The molecule has 1 fully saturated rings. The lowest BCUT2D eigenvalue weighted by Crippen LogP contribution is -2.28. The summed E-state index contributed by atoms with van der Waals surface area (Å²) >= 11 is 0. The van der Waals surface area contributed by atoms with Crippen LogP contribution in [0, 0.1) is 6.92 Å². The van der Waals surface area contributed by atoms with Gasteiger partial charge in [0.05, 0.1) is 0 Å². The van der Waals surface area contributed by atoms with E-state index in [0.717, 1.165) is 37.1 Å². The SMILES string of the molecule is C=CCc1c(C(=O)N2CCCC2)ccc(O)c1C. The molecular weight excluding hydrogens is 226 g/mol. The molecule has 1 aromatic rings. The van der Waals surface area contributed by atoms with E-state index in [1.54, 1.807) is 18.2 Å². The Morgan fingerprint density at radius 1 is 1.44 bits per heavy atom. The van der Waals surface area contributed by atoms with Crippen LogP contribution in [0.1, 0.15) is 34.3 Å². The Morgan fingerprint density at radius 3 is 2.72 bits per heavy atom. The third kappa shape index (κ3) is 2.26. The van der Waals surface area contributed by atoms with Crippen LogP contribution in [0.15, 0.2) is 24.8 Å². The molecule has 1 N–H and O–H groups in total. The van der Waals surface area contributed by atoms with Crippen molar-refractivity contribution in [3.63, 3.8) is 0 Å². The van der Waals surface area contributed by atoms with E-state index >= 15 is 0 Å². The lowest BCUT2D eigenvalue weighted by atomic mass is 9.97. The number of nitrogens with zero attached hydrogens (tertiary/aromatic N) is 1. The van der Waals surface area contributed by atoms with Crippen LogP contribution in [-0.4, -0.2) is 29.0 Å². The molecule has 0 bridgehead atoms. The first-order valence-corrected chi connectivity index (χ1v) is 6.36. The zero-order valence-corrected chi connectivity index (χ0v) is 10.8. The Hall–Kier alpha value is -1.77. The molecule has 0 unspecified atom stereocenters. The fraction of sp³-hybridized carbons (Fsp3) is 0.400. The molecular formula is C15H19NO2. The van der Waals surface area contributed by atoms with E-state index in [2.05, 4.69) is 6.58 Å². The Labute approximate surface area is 108 Å². The average molecular weight is 245 g/mol. The summed E-state index contributed by atoms with van der Waals surface area (Å²) in [6.45, 7) is 7.24. The standard InChI is InChI=1S/C15H19NO2/c1-3-6-12-11(2)14(17)8-7-13(12)15(18)16-9-4-5-10-16/h3,7-8,17H,1,4-6,9-10H2,2H3. The number of carbonyl (C=O) groups is 1. The molecule has 96 valence electrons. The maximum absolute atomic E-state index is 12.4. The number of phenolic OH excluding ortho intramolecular Hbond substituents is 1. The molecule has 0 aliphatic carbocycles. The molecule has 1 saturated heterocycles. The van der Waals surface area contributed by atoms with E-state index in [1.165, 1.54) is 0 Å². The zero-order chi connectivity index (χ0) is 13.1. The highest BCUT2D eigenvalue weighted by molar-refractivity contribution is 5.96. The number of benzene rings is 1. The Bertz CT molecular complexity index is 474. The smallest absolute Gasteiger partial charge is 0.254 e. The second-order valence-electron chi connectivity index (χ2n) is 4.73. The van der Waals surface area contributed by atoms with Crippen LogP contribution in [0.2, 0.25) is 0 Å². The van der Waals surface area contributed by atoms with Gasteiger partial charge in [0.1, 0.15) is 5.75 Å². The van der Waals surface area contributed by atoms with E-state index < -0.39 is 0 Å². The minimum absolute atomic E-state index is 0.0763. The Balaban J connectivity index is 2.39. The lowest BCUT2D eigenvalue weighted by molar-refractivity contribution is 0.0792. The molecule has 0 spiro atoms. The van der Waals surface area contributed by atoms with Crippen LogP contribution < -0.4 is 0 Å². The van der Waals surface area contributed by atoms with Crippen molar-refractivity contribution in [2.45, 2.75) is 26.2 Å². The van der Waals surface area contributed by atoms with Crippen LogP contribution in [0.3, 0.4) is 0 Å². The number of carbonyl (C=O) groups excluding carboxylic acids is 1. The first-order valence-electron chi connectivity index (χ1n) is 6.36. The van der Waals surface area contributed by atoms with Gasteiger partial charge in [-0.3, -0.25) is 4.79 Å². The zero-order valence-electron chi connectivity index (χ0n) is 10.8. The van der Waals surface area contributed by atoms with E-state index in [0.29, 0.717) is 12.0 Å². The summed E-state index contributed by atoms with van der Waals surface area (Å²) in [6, 6.07) is 3.33. The molecule has 0 saturated carbocycles. The Kier molecular flexibility index (Phi) is 3.70. The predicted molar refractivity (Wildman–Crippen MR) is 71.9 cm³/mol. The number of likely N-dealkylation sites (tertiary alicyclic amines) is 1. The molecule has 1 amide bonds. The van der Waals surface area contributed by atoms with Crippen LogP contribution >= 0.6 is 0 Å². The highest BCUT2D eigenvalue weighted by Gasteiger charge is 2.22. The molecule has 2 rings (SSSR count). The fourth-order valence-electron chi connectivity index (χ4n) is 2.44. The largest absolute Gasteiger partial charge is 0.508 e. The summed E-state index contributed by atoms with van der Waals surface area (Å²) in [6.07, 6.45) is 4.54. The second kappa shape index (κ2) is 5.25. The quantitative estimate of drug-likeness (QED) is 0.832. The van der Waals surface area contributed by atoms with Gasteiger partial charge in [-0.15, -0.1) is 6.58 Å². The van der Waals surface area contributed by atoms with Gasteiger partial charge in [0.25, 0.3) is 5.91 Å². The molecule has 3 heteroatoms. The molecule has 1 heterocycles. The van der Waals surface area contributed by atoms with E-state index in [-0.39, 0.29) is 11.7 Å². The number of hydrogen-bond acceptors (Lipinski definition) is 2. The van der Waals surface area contributed by atoms with Crippen LogP contribution in [0.4, 0.5) is 0 Å². The van der Waals surface area contributed by atoms with Crippen molar-refractivity contribution in [2.75, 3.05) is 13.1 Å². The highest BCUT2D eigenvalue weighted by Crippen LogP contribution is 2.26. The van der Waals surface area contributed by atoms with Crippen molar-refractivity contribution in [3.05, 3.63) is 41.5 Å². The van der Waals surface area contributed by atoms with Crippen molar-refractivity contribution in [3.8, 4) is 5.75 Å². The first-order chi connectivity index (χ1) is 8.65. The predicted octanol–water partition coefficient (Wildman–Crippen LogP) is 2.67. The van der Waals surface area contributed by atoms with E-state index in [9.17, 15) is 9.90 Å². The van der Waals surface area contributed by atoms with Gasteiger partial charge in [-0.2, -0.15) is 0 Å². The van der Waals surface area contributed by atoms with Crippen molar-refractivity contribution in [2.24, 2.45) is 0 Å². The van der Waals surface area contributed by atoms with Gasteiger partial charge in [-0.1, -0.05) is 6.08 Å². The van der Waals surface area contributed by atoms with Gasteiger partial charge in [0.15, 0.2) is 0 Å². The van der Waals surface area contributed by atoms with Gasteiger partial charge < -0.3 is 10.0 Å². The van der Waals surface area contributed by atoms with Gasteiger partial charge in [-0.25, -0.2) is 0 Å². The van der Waals surface area contributed by atoms with E-state index in [1.807, 2.05) is 11.8 Å². The maximum Gasteiger partial charge on any atom is 0.254 e. The van der Waals surface area contributed by atoms with Gasteiger partial charge in [0, 0.05) is 18.7 Å². The van der Waals surface area contributed by atoms with Crippen molar-refractivity contribution >= 4 is 5.91 Å². The van der Waals surface area contributed by atoms with Crippen LogP contribution in [0.5, 0.6) is 5.75 Å². The third-order valence-electron chi connectivity index (χ3n) is 3.54. The first kappa shape index (κ1) is 12.7. The summed E-state index contributed by atoms with van der Waals surface area (Å²) in [7, 11) is 0. The number of rotatable bonds is 3. The topological polar surface area (TPSA) is 40.5 Å². The lowest BCUT2D eigenvalue weighted by Gasteiger charge is -2.19. The van der Waals surface area contributed by atoms with Crippen molar-refractivity contribution in [1.29, 1.82) is 0 Å². The minimum atomic E-state index is 0.0763. The molecule has 18 heavy (non-hydrogen) atoms. The molecule has 0 atom stereocenters. The number of aromatic hydroxyl groups is 1. The molecule has 1 aliphatic rings. The van der Waals surface area contributed by atoms with E-state index in [4.69, 9.17) is 0 Å².